The smallest absolute Gasteiger partial charge is 0.326 e. The summed E-state index contributed by atoms with van der Waals surface area (Å²) in [6.07, 6.45) is -1.17. The molecule has 1 rings (SSSR count). The summed E-state index contributed by atoms with van der Waals surface area (Å²) in [6, 6.07) is 3.21. The summed E-state index contributed by atoms with van der Waals surface area (Å²) in [5.41, 5.74) is 11.3. The molecule has 0 aliphatic heterocycles. The van der Waals surface area contributed by atoms with Crippen LogP contribution in [0.15, 0.2) is 30.3 Å². The minimum absolute atomic E-state index is 0.00759. The Hall–Kier alpha value is -4.00. The average Bonchev–Trinajstić information content (AvgIpc) is 2.77. The standard InChI is InChI=1S/C23H33N5O8/c1-12(2)8-15(21(33)28-17(23(35)36)11-18(25)29)27-22(34)16(9-13-6-4-3-5-7-13)26-20(32)14(24)10-19(30)31/h3-7,12,14-17H,8-11,24H2,1-2H3,(H2,25,29)(H,26,32)(H,27,34)(H,28,33)(H,30,31)(H,35,36). The number of rotatable bonds is 15. The van der Waals surface area contributed by atoms with Crippen molar-refractivity contribution in [2.75, 3.05) is 0 Å². The quantitative estimate of drug-likeness (QED) is 0.146. The zero-order valence-electron chi connectivity index (χ0n) is 20.1. The molecule has 0 radical (unpaired) electrons. The molecule has 1 aromatic rings. The Morgan fingerprint density at radius 3 is 1.83 bits per heavy atom. The number of aliphatic carboxylic acids is 2. The van der Waals surface area contributed by atoms with Crippen LogP contribution in [0, 0.1) is 5.92 Å². The molecule has 36 heavy (non-hydrogen) atoms. The molecule has 0 heterocycles. The lowest BCUT2D eigenvalue weighted by molar-refractivity contribution is -0.143. The van der Waals surface area contributed by atoms with Crippen LogP contribution in [0.4, 0.5) is 0 Å². The summed E-state index contributed by atoms with van der Waals surface area (Å²) in [7, 11) is 0. The Balaban J connectivity index is 3.12. The summed E-state index contributed by atoms with van der Waals surface area (Å²) in [6.45, 7) is 3.55. The van der Waals surface area contributed by atoms with Crippen LogP contribution < -0.4 is 27.4 Å². The van der Waals surface area contributed by atoms with Crippen LogP contribution in [0.3, 0.4) is 0 Å². The van der Waals surface area contributed by atoms with Crippen molar-refractivity contribution in [3.8, 4) is 0 Å². The molecule has 0 aliphatic carbocycles. The van der Waals surface area contributed by atoms with E-state index in [2.05, 4.69) is 16.0 Å². The molecule has 4 unspecified atom stereocenters. The van der Waals surface area contributed by atoms with Gasteiger partial charge in [0, 0.05) is 6.42 Å². The molecule has 0 saturated carbocycles. The molecule has 13 nitrogen and oxygen atoms in total. The predicted molar refractivity (Wildman–Crippen MR) is 127 cm³/mol. The van der Waals surface area contributed by atoms with Gasteiger partial charge in [0.25, 0.3) is 0 Å². The number of amides is 4. The first-order valence-corrected chi connectivity index (χ1v) is 11.2. The monoisotopic (exact) mass is 507 g/mol. The minimum Gasteiger partial charge on any atom is -0.481 e. The summed E-state index contributed by atoms with van der Waals surface area (Å²) in [4.78, 5) is 71.9. The normalized spacial score (nSPS) is 14.1. The van der Waals surface area contributed by atoms with Gasteiger partial charge in [-0.1, -0.05) is 44.2 Å². The fourth-order valence-corrected chi connectivity index (χ4v) is 3.27. The van der Waals surface area contributed by atoms with Crippen LogP contribution in [-0.2, 0) is 35.2 Å². The van der Waals surface area contributed by atoms with Crippen LogP contribution in [0.2, 0.25) is 0 Å². The van der Waals surface area contributed by atoms with Gasteiger partial charge in [-0.25, -0.2) is 4.79 Å². The van der Waals surface area contributed by atoms with Crippen molar-refractivity contribution in [3.63, 3.8) is 0 Å². The van der Waals surface area contributed by atoms with E-state index in [1.807, 2.05) is 0 Å². The van der Waals surface area contributed by atoms with Crippen molar-refractivity contribution < 1.29 is 39.0 Å². The van der Waals surface area contributed by atoms with E-state index in [1.54, 1.807) is 44.2 Å². The largest absolute Gasteiger partial charge is 0.481 e. The first-order chi connectivity index (χ1) is 16.8. The highest BCUT2D eigenvalue weighted by Gasteiger charge is 2.31. The number of benzene rings is 1. The summed E-state index contributed by atoms with van der Waals surface area (Å²) >= 11 is 0. The number of carbonyl (C=O) groups is 6. The first-order valence-electron chi connectivity index (χ1n) is 11.2. The lowest BCUT2D eigenvalue weighted by atomic mass is 10.00. The van der Waals surface area contributed by atoms with E-state index in [4.69, 9.17) is 16.6 Å². The van der Waals surface area contributed by atoms with Gasteiger partial charge in [-0.05, 0) is 17.9 Å². The molecule has 4 atom stereocenters. The lowest BCUT2D eigenvalue weighted by Crippen LogP contribution is -2.58. The lowest BCUT2D eigenvalue weighted by Gasteiger charge is -2.26. The van der Waals surface area contributed by atoms with Crippen molar-refractivity contribution in [2.24, 2.45) is 17.4 Å². The van der Waals surface area contributed by atoms with Gasteiger partial charge >= 0.3 is 11.9 Å². The number of nitrogens with two attached hydrogens (primary N) is 2. The van der Waals surface area contributed by atoms with Gasteiger partial charge in [-0.2, -0.15) is 0 Å². The second-order valence-corrected chi connectivity index (χ2v) is 8.72. The minimum atomic E-state index is -1.59. The molecule has 4 amide bonds. The first kappa shape index (κ1) is 30.0. The van der Waals surface area contributed by atoms with Crippen molar-refractivity contribution in [1.82, 2.24) is 16.0 Å². The molecular weight excluding hydrogens is 474 g/mol. The third kappa shape index (κ3) is 11.0. The molecule has 0 saturated heterocycles. The third-order valence-corrected chi connectivity index (χ3v) is 5.01. The molecule has 0 bridgehead atoms. The number of primary amides is 1. The molecule has 1 aromatic carbocycles. The highest BCUT2D eigenvalue weighted by Crippen LogP contribution is 2.09. The number of hydrogen-bond acceptors (Lipinski definition) is 7. The maximum absolute atomic E-state index is 13.2. The van der Waals surface area contributed by atoms with Crippen molar-refractivity contribution in [3.05, 3.63) is 35.9 Å². The fourth-order valence-electron chi connectivity index (χ4n) is 3.27. The molecule has 0 aliphatic rings. The predicted octanol–water partition coefficient (Wildman–Crippen LogP) is -1.51. The number of nitrogens with one attached hydrogen (secondary N) is 3. The van der Waals surface area contributed by atoms with Crippen LogP contribution in [-0.4, -0.2) is 69.9 Å². The second kappa shape index (κ2) is 14.4. The van der Waals surface area contributed by atoms with Crippen LogP contribution >= 0.6 is 0 Å². The van der Waals surface area contributed by atoms with E-state index in [9.17, 15) is 33.9 Å². The van der Waals surface area contributed by atoms with Gasteiger partial charge in [0.15, 0.2) is 0 Å². The van der Waals surface area contributed by atoms with Gasteiger partial charge in [0.2, 0.25) is 23.6 Å². The van der Waals surface area contributed by atoms with Crippen LogP contribution in [0.5, 0.6) is 0 Å². The highest BCUT2D eigenvalue weighted by molar-refractivity contribution is 5.95. The van der Waals surface area contributed by atoms with Gasteiger partial charge < -0.3 is 37.6 Å². The van der Waals surface area contributed by atoms with Gasteiger partial charge in [0.1, 0.15) is 18.1 Å². The van der Waals surface area contributed by atoms with Crippen LogP contribution in [0.25, 0.3) is 0 Å². The zero-order valence-corrected chi connectivity index (χ0v) is 20.1. The Kier molecular flexibility index (Phi) is 12.0. The Morgan fingerprint density at radius 1 is 0.806 bits per heavy atom. The van der Waals surface area contributed by atoms with Gasteiger partial charge in [-0.15, -0.1) is 0 Å². The van der Waals surface area contributed by atoms with E-state index >= 15 is 0 Å². The van der Waals surface area contributed by atoms with Gasteiger partial charge in [0.05, 0.1) is 18.9 Å². The molecule has 13 heteroatoms. The number of carboxylic acids is 2. The van der Waals surface area contributed by atoms with E-state index < -0.39 is 72.6 Å². The number of carboxylic acid groups (broad SMARTS) is 2. The number of hydrogen-bond donors (Lipinski definition) is 7. The summed E-state index contributed by atoms with van der Waals surface area (Å²) in [5, 5.41) is 25.3. The Bertz CT molecular complexity index is 953. The Morgan fingerprint density at radius 2 is 1.33 bits per heavy atom. The maximum atomic E-state index is 13.2. The molecule has 9 N–H and O–H groups in total. The Labute approximate surface area is 208 Å². The fraction of sp³-hybridized carbons (Fsp3) is 0.478. The average molecular weight is 508 g/mol. The summed E-state index contributed by atoms with van der Waals surface area (Å²) in [5.74, 6) is -6.29. The number of carbonyl (C=O) groups excluding carboxylic acids is 4. The van der Waals surface area contributed by atoms with Crippen LogP contribution in [0.1, 0.15) is 38.7 Å². The highest BCUT2D eigenvalue weighted by atomic mass is 16.4. The molecule has 198 valence electrons. The molecule has 0 fully saturated rings. The maximum Gasteiger partial charge on any atom is 0.326 e. The van der Waals surface area contributed by atoms with Crippen molar-refractivity contribution in [1.29, 1.82) is 0 Å². The van der Waals surface area contributed by atoms with Gasteiger partial charge in [-0.3, -0.25) is 24.0 Å². The zero-order chi connectivity index (χ0) is 27.4. The third-order valence-electron chi connectivity index (χ3n) is 5.01. The molecular formula is C23H33N5O8. The second-order valence-electron chi connectivity index (χ2n) is 8.72. The van der Waals surface area contributed by atoms with E-state index in [1.165, 1.54) is 0 Å². The molecule has 0 aromatic heterocycles. The van der Waals surface area contributed by atoms with Crippen molar-refractivity contribution in [2.45, 2.75) is 63.7 Å². The SMILES string of the molecule is CC(C)CC(NC(=O)C(Cc1ccccc1)NC(=O)C(N)CC(=O)O)C(=O)NC(CC(N)=O)C(=O)O. The van der Waals surface area contributed by atoms with Crippen molar-refractivity contribution >= 4 is 35.6 Å². The molecule has 0 spiro atoms. The van der Waals surface area contributed by atoms with E-state index in [0.29, 0.717) is 5.56 Å². The topological polar surface area (TPSA) is 231 Å². The van der Waals surface area contributed by atoms with E-state index in [0.717, 1.165) is 0 Å². The van der Waals surface area contributed by atoms with E-state index in [-0.39, 0.29) is 18.8 Å². The summed E-state index contributed by atoms with van der Waals surface area (Å²) < 4.78 is 0.